The molecule has 0 spiro atoms. The summed E-state index contributed by atoms with van der Waals surface area (Å²) in [4.78, 5) is 11.8. The number of rotatable bonds is 5. The molecular formula is C15H22N4. The van der Waals surface area contributed by atoms with Crippen LogP contribution < -0.4 is 5.32 Å². The minimum atomic E-state index is 0.158. The number of aromatic amines is 1. The van der Waals surface area contributed by atoms with Gasteiger partial charge in [-0.3, -0.25) is 0 Å². The van der Waals surface area contributed by atoms with Crippen LogP contribution in [0, 0.1) is 0 Å². The fourth-order valence-corrected chi connectivity index (χ4v) is 1.85. The highest BCUT2D eigenvalue weighted by atomic mass is 15.0. The van der Waals surface area contributed by atoms with Gasteiger partial charge in [0.1, 0.15) is 11.6 Å². The Hall–Kier alpha value is -1.84. The molecule has 0 unspecified atom stereocenters. The van der Waals surface area contributed by atoms with Crippen molar-refractivity contribution >= 4 is 5.82 Å². The second-order valence-corrected chi connectivity index (χ2v) is 5.75. The number of aromatic nitrogens is 3. The maximum Gasteiger partial charge on any atom is 0.125 e. The Bertz CT molecular complexity index is 480. The molecule has 0 fully saturated rings. The van der Waals surface area contributed by atoms with Crippen LogP contribution in [0.4, 0.5) is 5.82 Å². The number of aryl methyl sites for hydroxylation is 1. The highest BCUT2D eigenvalue weighted by Crippen LogP contribution is 2.21. The quantitative estimate of drug-likeness (QED) is 0.810. The molecule has 2 N–H and O–H groups in total. The average Bonchev–Trinajstić information content (AvgIpc) is 2.87. The van der Waals surface area contributed by atoms with Gasteiger partial charge >= 0.3 is 0 Å². The zero-order valence-electron chi connectivity index (χ0n) is 11.9. The van der Waals surface area contributed by atoms with Gasteiger partial charge in [-0.15, -0.1) is 0 Å². The van der Waals surface area contributed by atoms with Gasteiger partial charge in [-0.05, 0) is 23.5 Å². The summed E-state index contributed by atoms with van der Waals surface area (Å²) in [7, 11) is 0. The summed E-state index contributed by atoms with van der Waals surface area (Å²) in [5.74, 6) is 1.98. The first-order valence-corrected chi connectivity index (χ1v) is 6.74. The predicted octanol–water partition coefficient (Wildman–Crippen LogP) is 3.15. The molecule has 2 aromatic heterocycles. The molecular weight excluding hydrogens is 236 g/mol. The highest BCUT2D eigenvalue weighted by Gasteiger charge is 2.13. The fraction of sp³-hybridized carbons (Fsp3) is 0.467. The molecule has 2 rings (SSSR count). The number of H-pyrrole nitrogens is 1. The molecule has 4 heteroatoms. The van der Waals surface area contributed by atoms with Gasteiger partial charge in [0.2, 0.25) is 0 Å². The van der Waals surface area contributed by atoms with Crippen LogP contribution in [0.25, 0.3) is 0 Å². The van der Waals surface area contributed by atoms with Crippen molar-refractivity contribution in [3.8, 4) is 0 Å². The molecule has 0 aliphatic carbocycles. The molecule has 0 aliphatic heterocycles. The van der Waals surface area contributed by atoms with Crippen LogP contribution in [0.15, 0.2) is 30.7 Å². The van der Waals surface area contributed by atoms with E-state index in [2.05, 4.69) is 47.1 Å². The molecule has 102 valence electrons. The van der Waals surface area contributed by atoms with Crippen LogP contribution in [-0.2, 0) is 11.8 Å². The van der Waals surface area contributed by atoms with E-state index in [4.69, 9.17) is 0 Å². The van der Waals surface area contributed by atoms with Crippen LogP contribution in [0.3, 0.4) is 0 Å². The van der Waals surface area contributed by atoms with E-state index in [-0.39, 0.29) is 5.41 Å². The van der Waals surface area contributed by atoms with Crippen molar-refractivity contribution < 1.29 is 0 Å². The minimum Gasteiger partial charge on any atom is -0.370 e. The third-order valence-corrected chi connectivity index (χ3v) is 3.08. The van der Waals surface area contributed by atoms with Gasteiger partial charge in [-0.2, -0.15) is 0 Å². The number of nitrogens with zero attached hydrogens (tertiary/aromatic N) is 2. The molecule has 0 saturated heterocycles. The molecule has 0 amide bonds. The van der Waals surface area contributed by atoms with E-state index in [0.717, 1.165) is 31.0 Å². The molecule has 19 heavy (non-hydrogen) atoms. The van der Waals surface area contributed by atoms with Gasteiger partial charge < -0.3 is 10.3 Å². The summed E-state index contributed by atoms with van der Waals surface area (Å²) in [5.41, 5.74) is 1.42. The van der Waals surface area contributed by atoms with Crippen LogP contribution in [0.5, 0.6) is 0 Å². The molecule has 2 aromatic rings. The smallest absolute Gasteiger partial charge is 0.125 e. The van der Waals surface area contributed by atoms with Crippen molar-refractivity contribution in [1.82, 2.24) is 15.0 Å². The van der Waals surface area contributed by atoms with Crippen molar-refractivity contribution in [2.45, 2.75) is 39.0 Å². The van der Waals surface area contributed by atoms with E-state index in [9.17, 15) is 0 Å². The lowest BCUT2D eigenvalue weighted by atomic mass is 9.88. The monoisotopic (exact) mass is 258 g/mol. The maximum absolute atomic E-state index is 4.45. The summed E-state index contributed by atoms with van der Waals surface area (Å²) >= 11 is 0. The summed E-state index contributed by atoms with van der Waals surface area (Å²) < 4.78 is 0. The third kappa shape index (κ3) is 4.09. The van der Waals surface area contributed by atoms with E-state index < -0.39 is 0 Å². The normalized spacial score (nSPS) is 11.5. The Morgan fingerprint density at radius 3 is 2.63 bits per heavy atom. The lowest BCUT2D eigenvalue weighted by molar-refractivity contribution is 0.587. The van der Waals surface area contributed by atoms with Gasteiger partial charge in [0, 0.05) is 31.6 Å². The van der Waals surface area contributed by atoms with Crippen LogP contribution in [0.2, 0.25) is 0 Å². The number of imidazole rings is 1. The second-order valence-electron chi connectivity index (χ2n) is 5.75. The van der Waals surface area contributed by atoms with E-state index in [1.165, 1.54) is 5.56 Å². The molecule has 0 radical (unpaired) electrons. The topological polar surface area (TPSA) is 53.6 Å². The number of nitrogens with one attached hydrogen (secondary N) is 2. The molecule has 4 nitrogen and oxygen atoms in total. The Balaban J connectivity index is 1.77. The van der Waals surface area contributed by atoms with Crippen LogP contribution in [-0.4, -0.2) is 21.5 Å². The highest BCUT2D eigenvalue weighted by molar-refractivity contribution is 5.36. The first-order valence-electron chi connectivity index (χ1n) is 6.74. The summed E-state index contributed by atoms with van der Waals surface area (Å²) in [6.07, 6.45) is 7.59. The minimum absolute atomic E-state index is 0.158. The van der Waals surface area contributed by atoms with E-state index in [1.807, 2.05) is 18.5 Å². The fourth-order valence-electron chi connectivity index (χ4n) is 1.85. The number of hydrogen-bond acceptors (Lipinski definition) is 3. The SMILES string of the molecule is CC(C)(C)c1ccc(NCCCc2ncc[nH]2)nc1. The Labute approximate surface area is 114 Å². The molecule has 0 aromatic carbocycles. The van der Waals surface area contributed by atoms with E-state index in [0.29, 0.717) is 0 Å². The first-order chi connectivity index (χ1) is 9.05. The van der Waals surface area contributed by atoms with Gasteiger partial charge in [0.15, 0.2) is 0 Å². The number of pyridine rings is 1. The first kappa shape index (κ1) is 13.6. The number of hydrogen-bond donors (Lipinski definition) is 2. The van der Waals surface area contributed by atoms with E-state index >= 15 is 0 Å². The van der Waals surface area contributed by atoms with Crippen molar-refractivity contribution in [1.29, 1.82) is 0 Å². The predicted molar refractivity (Wildman–Crippen MR) is 78.3 cm³/mol. The summed E-state index contributed by atoms with van der Waals surface area (Å²) in [6, 6.07) is 4.19. The van der Waals surface area contributed by atoms with E-state index in [1.54, 1.807) is 6.20 Å². The summed E-state index contributed by atoms with van der Waals surface area (Å²) in [5, 5.41) is 3.33. The van der Waals surface area contributed by atoms with Gasteiger partial charge in [0.05, 0.1) is 0 Å². The van der Waals surface area contributed by atoms with Gasteiger partial charge in [-0.1, -0.05) is 26.8 Å². The zero-order chi connectivity index (χ0) is 13.7. The Morgan fingerprint density at radius 1 is 1.21 bits per heavy atom. The third-order valence-electron chi connectivity index (χ3n) is 3.08. The lowest BCUT2D eigenvalue weighted by Crippen LogP contribution is -2.12. The van der Waals surface area contributed by atoms with Crippen molar-refractivity contribution in [3.63, 3.8) is 0 Å². The lowest BCUT2D eigenvalue weighted by Gasteiger charge is -2.18. The van der Waals surface area contributed by atoms with Gasteiger partial charge in [-0.25, -0.2) is 9.97 Å². The largest absolute Gasteiger partial charge is 0.370 e. The number of anilines is 1. The zero-order valence-corrected chi connectivity index (χ0v) is 11.9. The van der Waals surface area contributed by atoms with Crippen LogP contribution in [0.1, 0.15) is 38.6 Å². The van der Waals surface area contributed by atoms with Crippen LogP contribution >= 0.6 is 0 Å². The maximum atomic E-state index is 4.45. The summed E-state index contributed by atoms with van der Waals surface area (Å²) in [6.45, 7) is 7.49. The Kier molecular flexibility index (Phi) is 4.20. The molecule has 0 saturated carbocycles. The molecule has 0 aliphatic rings. The average molecular weight is 258 g/mol. The molecule has 0 bridgehead atoms. The molecule has 2 heterocycles. The Morgan fingerprint density at radius 2 is 2.05 bits per heavy atom. The van der Waals surface area contributed by atoms with Crippen molar-refractivity contribution in [2.24, 2.45) is 0 Å². The van der Waals surface area contributed by atoms with Crippen molar-refractivity contribution in [2.75, 3.05) is 11.9 Å². The molecule has 0 atom stereocenters. The second kappa shape index (κ2) is 5.87. The van der Waals surface area contributed by atoms with Gasteiger partial charge in [0.25, 0.3) is 0 Å². The van der Waals surface area contributed by atoms with Crippen molar-refractivity contribution in [3.05, 3.63) is 42.1 Å². The standard InChI is InChI=1S/C15H22N4/c1-15(2,3)12-6-7-14(19-11-12)16-8-4-5-13-17-9-10-18-13/h6-7,9-11H,4-5,8H2,1-3H3,(H,16,19)(H,17,18).